The molecule has 0 saturated carbocycles. The summed E-state index contributed by atoms with van der Waals surface area (Å²) < 4.78 is 11.0. The molecule has 1 aromatic heterocycles. The summed E-state index contributed by atoms with van der Waals surface area (Å²) >= 11 is 6.48. The van der Waals surface area contributed by atoms with Crippen LogP contribution in [0.3, 0.4) is 0 Å². The van der Waals surface area contributed by atoms with Crippen LogP contribution in [0.5, 0.6) is 5.75 Å². The lowest BCUT2D eigenvalue weighted by Gasteiger charge is -2.47. The van der Waals surface area contributed by atoms with Gasteiger partial charge in [0.1, 0.15) is 12.4 Å². The minimum absolute atomic E-state index is 0.0159. The van der Waals surface area contributed by atoms with Crippen molar-refractivity contribution >= 4 is 29.1 Å². The van der Waals surface area contributed by atoms with Crippen LogP contribution in [0.2, 0.25) is 5.15 Å². The number of benzene rings is 1. The predicted octanol–water partition coefficient (Wildman–Crippen LogP) is 1.90. The molecule has 228 valence electrons. The summed E-state index contributed by atoms with van der Waals surface area (Å²) in [6.07, 6.45) is 3.11. The number of nitrogens with zero attached hydrogens (tertiary/aromatic N) is 6. The standard InChI is InChI=1S/C29H41ClN8O4/c1-3-22-19-37(28-26(30)34-25(27(32)35-28)29(40)33-8-13-39)11-12-38(22)23-6-9-36(10-7-23)18-21-5-4-20(17-31)16-24(21)42-15-14-41-2/h4-5,16,22-23,39H,3,6-15,18-19H2,1-2H3,(H2,32,35)(H,33,40)/t22-/m0/s1. The number of halogens is 1. The Kier molecular flexibility index (Phi) is 11.6. The number of ether oxygens (including phenoxy) is 2. The molecule has 0 radical (unpaired) electrons. The summed E-state index contributed by atoms with van der Waals surface area (Å²) in [7, 11) is 1.64. The number of piperidine rings is 1. The van der Waals surface area contributed by atoms with E-state index in [0.717, 1.165) is 69.8 Å². The van der Waals surface area contributed by atoms with E-state index in [4.69, 9.17) is 31.9 Å². The SMILES string of the molecule is CC[C@H]1CN(c2nc(N)c(C(=O)NCCO)nc2Cl)CCN1C1CCN(Cc2ccc(C#N)cc2OCCOC)CC1. The number of rotatable bonds is 12. The van der Waals surface area contributed by atoms with Crippen LogP contribution < -0.4 is 20.7 Å². The summed E-state index contributed by atoms with van der Waals surface area (Å²) in [5, 5.41) is 20.9. The number of anilines is 2. The molecule has 3 heterocycles. The number of hydrogen-bond donors (Lipinski definition) is 3. The highest BCUT2D eigenvalue weighted by molar-refractivity contribution is 6.32. The van der Waals surface area contributed by atoms with E-state index in [9.17, 15) is 10.1 Å². The first-order valence-corrected chi connectivity index (χ1v) is 14.9. The molecule has 0 aliphatic carbocycles. The second-order valence-electron chi connectivity index (χ2n) is 10.6. The summed E-state index contributed by atoms with van der Waals surface area (Å²) in [5.74, 6) is 0.740. The lowest BCUT2D eigenvalue weighted by Crippen LogP contribution is -2.58. The van der Waals surface area contributed by atoms with Gasteiger partial charge in [-0.05, 0) is 44.5 Å². The van der Waals surface area contributed by atoms with Crippen LogP contribution in [0.25, 0.3) is 0 Å². The number of hydrogen-bond acceptors (Lipinski definition) is 11. The van der Waals surface area contributed by atoms with Crippen molar-refractivity contribution in [1.29, 1.82) is 5.26 Å². The van der Waals surface area contributed by atoms with E-state index in [2.05, 4.69) is 43.0 Å². The maximum absolute atomic E-state index is 12.3. The van der Waals surface area contributed by atoms with Gasteiger partial charge in [-0.3, -0.25) is 14.6 Å². The van der Waals surface area contributed by atoms with Crippen LogP contribution >= 0.6 is 11.6 Å². The molecule has 12 nitrogen and oxygen atoms in total. The monoisotopic (exact) mass is 600 g/mol. The Hall–Kier alpha value is -3.21. The summed E-state index contributed by atoms with van der Waals surface area (Å²) in [4.78, 5) is 28.2. The number of likely N-dealkylation sites (tertiary alicyclic amines) is 1. The smallest absolute Gasteiger partial charge is 0.273 e. The Balaban J connectivity index is 1.35. The topological polar surface area (TPSA) is 153 Å². The third-order valence-electron chi connectivity index (χ3n) is 7.94. The van der Waals surface area contributed by atoms with Crippen LogP contribution in [0.4, 0.5) is 11.6 Å². The molecule has 42 heavy (non-hydrogen) atoms. The molecular weight excluding hydrogens is 560 g/mol. The molecule has 0 bridgehead atoms. The van der Waals surface area contributed by atoms with E-state index in [1.54, 1.807) is 7.11 Å². The van der Waals surface area contributed by atoms with E-state index in [1.165, 1.54) is 0 Å². The number of methoxy groups -OCH3 is 1. The maximum Gasteiger partial charge on any atom is 0.273 e. The summed E-state index contributed by atoms with van der Waals surface area (Å²) in [6, 6.07) is 8.65. The highest BCUT2D eigenvalue weighted by Gasteiger charge is 2.34. The van der Waals surface area contributed by atoms with Crippen LogP contribution in [-0.2, 0) is 11.3 Å². The second kappa shape index (κ2) is 15.3. The van der Waals surface area contributed by atoms with Crippen molar-refractivity contribution in [2.24, 2.45) is 0 Å². The number of carbonyl (C=O) groups is 1. The fourth-order valence-electron chi connectivity index (χ4n) is 5.72. The number of nitrogens with two attached hydrogens (primary N) is 1. The van der Waals surface area contributed by atoms with Crippen molar-refractivity contribution in [1.82, 2.24) is 25.1 Å². The Bertz CT molecular complexity index is 1250. The van der Waals surface area contributed by atoms with Crippen molar-refractivity contribution in [3.05, 3.63) is 40.2 Å². The first-order valence-electron chi connectivity index (χ1n) is 14.5. The van der Waals surface area contributed by atoms with E-state index in [-0.39, 0.29) is 29.8 Å². The van der Waals surface area contributed by atoms with Crippen molar-refractivity contribution in [2.75, 3.05) is 76.8 Å². The zero-order valence-corrected chi connectivity index (χ0v) is 25.1. The number of amides is 1. The number of aliphatic hydroxyl groups excluding tert-OH is 1. The number of aliphatic hydroxyl groups is 1. The normalized spacial score (nSPS) is 18.5. The molecule has 2 aliphatic heterocycles. The quantitative estimate of drug-likeness (QED) is 0.306. The molecular formula is C29H41ClN8O4. The Morgan fingerprint density at radius 2 is 2.02 bits per heavy atom. The number of carbonyl (C=O) groups excluding carboxylic acids is 1. The average molecular weight is 601 g/mol. The Labute approximate surface area is 252 Å². The highest BCUT2D eigenvalue weighted by Crippen LogP contribution is 2.30. The lowest BCUT2D eigenvalue weighted by molar-refractivity contribution is 0.0606. The summed E-state index contributed by atoms with van der Waals surface area (Å²) in [6.45, 7) is 8.12. The van der Waals surface area contributed by atoms with E-state index in [1.807, 2.05) is 18.2 Å². The molecule has 2 saturated heterocycles. The van der Waals surface area contributed by atoms with Gasteiger partial charge in [-0.15, -0.1) is 0 Å². The molecule has 1 aromatic carbocycles. The third kappa shape index (κ3) is 7.79. The molecule has 0 unspecified atom stereocenters. The number of aromatic nitrogens is 2. The van der Waals surface area contributed by atoms with Crippen LogP contribution in [0.1, 0.15) is 47.8 Å². The molecule has 0 spiro atoms. The van der Waals surface area contributed by atoms with Crippen LogP contribution in [0, 0.1) is 11.3 Å². The summed E-state index contributed by atoms with van der Waals surface area (Å²) in [5.41, 5.74) is 7.71. The van der Waals surface area contributed by atoms with Gasteiger partial charge >= 0.3 is 0 Å². The van der Waals surface area contributed by atoms with Crippen LogP contribution in [0.15, 0.2) is 18.2 Å². The minimum Gasteiger partial charge on any atom is -0.491 e. The van der Waals surface area contributed by atoms with Gasteiger partial charge in [0.25, 0.3) is 5.91 Å². The van der Waals surface area contributed by atoms with Gasteiger partial charge in [0.05, 0.1) is 24.8 Å². The first-order chi connectivity index (χ1) is 20.4. The number of nitrogens with one attached hydrogen (secondary N) is 1. The van der Waals surface area contributed by atoms with Crippen molar-refractivity contribution < 1.29 is 19.4 Å². The predicted molar refractivity (Wildman–Crippen MR) is 161 cm³/mol. The van der Waals surface area contributed by atoms with E-state index >= 15 is 0 Å². The Morgan fingerprint density at radius 1 is 1.24 bits per heavy atom. The molecule has 13 heteroatoms. The third-order valence-corrected chi connectivity index (χ3v) is 8.19. The van der Waals surface area contributed by atoms with Crippen molar-refractivity contribution in [3.63, 3.8) is 0 Å². The zero-order chi connectivity index (χ0) is 30.1. The van der Waals surface area contributed by atoms with Gasteiger partial charge in [-0.2, -0.15) is 5.26 Å². The number of nitrogen functional groups attached to an aromatic ring is 1. The zero-order valence-electron chi connectivity index (χ0n) is 24.4. The lowest BCUT2D eigenvalue weighted by atomic mass is 9.97. The highest BCUT2D eigenvalue weighted by atomic mass is 35.5. The number of piperazine rings is 1. The van der Waals surface area contributed by atoms with Gasteiger partial charge in [0.15, 0.2) is 22.5 Å². The van der Waals surface area contributed by atoms with Gasteiger partial charge in [0, 0.05) is 57.5 Å². The Morgan fingerprint density at radius 3 is 2.71 bits per heavy atom. The van der Waals surface area contributed by atoms with Crippen molar-refractivity contribution in [3.8, 4) is 11.8 Å². The number of nitriles is 1. The fraction of sp³-hybridized carbons (Fsp3) is 0.586. The van der Waals surface area contributed by atoms with Gasteiger partial charge in [0.2, 0.25) is 0 Å². The van der Waals surface area contributed by atoms with Gasteiger partial charge in [-0.25, -0.2) is 9.97 Å². The van der Waals surface area contributed by atoms with Crippen LogP contribution in [-0.4, -0.2) is 109 Å². The molecule has 1 atom stereocenters. The largest absolute Gasteiger partial charge is 0.491 e. The molecule has 4 N–H and O–H groups in total. The molecule has 1 amide bonds. The fourth-order valence-corrected chi connectivity index (χ4v) is 5.97. The average Bonchev–Trinajstić information content (AvgIpc) is 3.01. The molecule has 2 aliphatic rings. The van der Waals surface area contributed by atoms with E-state index in [0.29, 0.717) is 36.7 Å². The molecule has 4 rings (SSSR count). The van der Waals surface area contributed by atoms with Gasteiger partial charge in [-0.1, -0.05) is 24.6 Å². The van der Waals surface area contributed by atoms with Crippen molar-refractivity contribution in [2.45, 2.75) is 44.8 Å². The molecule has 2 aromatic rings. The van der Waals surface area contributed by atoms with E-state index < -0.39 is 5.91 Å². The van der Waals surface area contributed by atoms with Gasteiger partial charge < -0.3 is 30.5 Å². The minimum atomic E-state index is -0.515. The maximum atomic E-state index is 12.3. The second-order valence-corrected chi connectivity index (χ2v) is 10.9. The first kappa shape index (κ1) is 31.7. The molecule has 2 fully saturated rings.